The second kappa shape index (κ2) is 4.98. The number of aromatic nitrogens is 4. The third-order valence-electron chi connectivity index (χ3n) is 2.18. The molecule has 0 saturated heterocycles. The number of nitrogens with two attached hydrogens (primary N) is 1. The zero-order chi connectivity index (χ0) is 11.4. The second-order valence-electron chi connectivity index (χ2n) is 3.32. The Morgan fingerprint density at radius 3 is 2.88 bits per heavy atom. The summed E-state index contributed by atoms with van der Waals surface area (Å²) in [6.45, 7) is 0. The number of hydrogen-bond acceptors (Lipinski definition) is 5. The highest BCUT2D eigenvalue weighted by molar-refractivity contribution is 7.99. The Balaban J connectivity index is 1.87. The van der Waals surface area contributed by atoms with Crippen molar-refractivity contribution >= 4 is 17.7 Å². The largest absolute Gasteiger partial charge is 0.368 e. The van der Waals surface area contributed by atoms with Crippen LogP contribution in [0.15, 0.2) is 29.6 Å². The first-order chi connectivity index (χ1) is 7.77. The molecule has 0 aliphatic rings. The average molecular weight is 235 g/mol. The Bertz CT molecular complexity index is 453. The van der Waals surface area contributed by atoms with Gasteiger partial charge in [-0.3, -0.25) is 9.55 Å². The molecule has 2 heterocycles. The number of anilines is 1. The van der Waals surface area contributed by atoms with Crippen LogP contribution in [0.4, 0.5) is 5.95 Å². The summed E-state index contributed by atoms with van der Waals surface area (Å²) in [5.41, 5.74) is 6.68. The van der Waals surface area contributed by atoms with Gasteiger partial charge in [-0.15, -0.1) is 10.2 Å². The fraction of sp³-hybridized carbons (Fsp3) is 0.300. The van der Waals surface area contributed by atoms with Gasteiger partial charge in [0, 0.05) is 24.7 Å². The van der Waals surface area contributed by atoms with Gasteiger partial charge in [-0.25, -0.2) is 0 Å². The van der Waals surface area contributed by atoms with E-state index in [1.807, 2.05) is 25.2 Å². The maximum absolute atomic E-state index is 5.59. The van der Waals surface area contributed by atoms with Crippen LogP contribution in [0.25, 0.3) is 0 Å². The van der Waals surface area contributed by atoms with E-state index < -0.39 is 0 Å². The fourth-order valence-electron chi connectivity index (χ4n) is 1.24. The molecule has 2 aromatic heterocycles. The van der Waals surface area contributed by atoms with E-state index in [0.717, 1.165) is 23.0 Å². The molecule has 2 rings (SSSR count). The van der Waals surface area contributed by atoms with Crippen LogP contribution in [0.2, 0.25) is 0 Å². The minimum atomic E-state index is 0.445. The van der Waals surface area contributed by atoms with E-state index in [-0.39, 0.29) is 0 Å². The van der Waals surface area contributed by atoms with Crippen LogP contribution < -0.4 is 5.73 Å². The molecular formula is C10H13N5S. The van der Waals surface area contributed by atoms with Crippen molar-refractivity contribution in [3.8, 4) is 0 Å². The lowest BCUT2D eigenvalue weighted by molar-refractivity contribution is 0.795. The number of hydrogen-bond donors (Lipinski definition) is 1. The van der Waals surface area contributed by atoms with Crippen molar-refractivity contribution in [2.24, 2.45) is 7.05 Å². The Hall–Kier alpha value is -1.56. The summed E-state index contributed by atoms with van der Waals surface area (Å²) in [6, 6.07) is 5.93. The molecule has 2 N–H and O–H groups in total. The van der Waals surface area contributed by atoms with Crippen LogP contribution in [0, 0.1) is 0 Å². The maximum atomic E-state index is 5.59. The van der Waals surface area contributed by atoms with Crippen LogP contribution in [0.1, 0.15) is 5.69 Å². The lowest BCUT2D eigenvalue weighted by Gasteiger charge is -2.01. The fourth-order valence-corrected chi connectivity index (χ4v) is 2.12. The number of rotatable bonds is 4. The van der Waals surface area contributed by atoms with Gasteiger partial charge in [0.05, 0.1) is 0 Å². The van der Waals surface area contributed by atoms with Crippen molar-refractivity contribution in [2.75, 3.05) is 11.5 Å². The predicted molar refractivity (Wildman–Crippen MR) is 64.1 cm³/mol. The maximum Gasteiger partial charge on any atom is 0.222 e. The van der Waals surface area contributed by atoms with Crippen molar-refractivity contribution < 1.29 is 0 Å². The molecule has 2 aromatic rings. The van der Waals surface area contributed by atoms with E-state index in [1.165, 1.54) is 0 Å². The Labute approximate surface area is 98.1 Å². The third kappa shape index (κ3) is 2.52. The zero-order valence-electron chi connectivity index (χ0n) is 9.00. The van der Waals surface area contributed by atoms with Gasteiger partial charge in [0.15, 0.2) is 5.16 Å². The molecule has 16 heavy (non-hydrogen) atoms. The van der Waals surface area contributed by atoms with Crippen molar-refractivity contribution in [3.05, 3.63) is 30.1 Å². The summed E-state index contributed by atoms with van der Waals surface area (Å²) in [7, 11) is 1.86. The lowest BCUT2D eigenvalue weighted by Crippen LogP contribution is -1.99. The van der Waals surface area contributed by atoms with Crippen LogP contribution in [0.3, 0.4) is 0 Å². The van der Waals surface area contributed by atoms with Gasteiger partial charge in [-0.05, 0) is 18.6 Å². The highest BCUT2D eigenvalue weighted by atomic mass is 32.2. The number of thioether (sulfide) groups is 1. The van der Waals surface area contributed by atoms with E-state index in [9.17, 15) is 0 Å². The molecule has 0 unspecified atom stereocenters. The SMILES string of the molecule is Cn1c(N)nnc1SCCc1ccccn1. The topological polar surface area (TPSA) is 69.6 Å². The number of aryl methyl sites for hydroxylation is 1. The molecule has 84 valence electrons. The van der Waals surface area contributed by atoms with E-state index in [0.29, 0.717) is 5.95 Å². The molecule has 0 saturated carbocycles. The van der Waals surface area contributed by atoms with Gasteiger partial charge in [0.1, 0.15) is 0 Å². The van der Waals surface area contributed by atoms with Gasteiger partial charge in [0.25, 0.3) is 0 Å². The first kappa shape index (κ1) is 10.9. The first-order valence-electron chi connectivity index (χ1n) is 4.95. The van der Waals surface area contributed by atoms with Crippen molar-refractivity contribution in [2.45, 2.75) is 11.6 Å². The molecule has 0 aromatic carbocycles. The second-order valence-corrected chi connectivity index (χ2v) is 4.38. The number of nitrogens with zero attached hydrogens (tertiary/aromatic N) is 4. The van der Waals surface area contributed by atoms with Gasteiger partial charge < -0.3 is 5.73 Å². The Morgan fingerprint density at radius 1 is 1.38 bits per heavy atom. The molecule has 0 aliphatic carbocycles. The summed E-state index contributed by atoms with van der Waals surface area (Å²) >= 11 is 1.63. The molecule has 0 amide bonds. The van der Waals surface area contributed by atoms with Gasteiger partial charge in [-0.1, -0.05) is 17.8 Å². The lowest BCUT2D eigenvalue weighted by atomic mass is 10.3. The van der Waals surface area contributed by atoms with E-state index >= 15 is 0 Å². The van der Waals surface area contributed by atoms with Crippen LogP contribution in [-0.4, -0.2) is 25.5 Å². The molecule has 0 atom stereocenters. The van der Waals surface area contributed by atoms with Crippen molar-refractivity contribution in [1.82, 2.24) is 19.7 Å². The molecule has 5 nitrogen and oxygen atoms in total. The van der Waals surface area contributed by atoms with E-state index in [4.69, 9.17) is 5.73 Å². The first-order valence-corrected chi connectivity index (χ1v) is 5.93. The molecule has 0 fully saturated rings. The summed E-state index contributed by atoms with van der Waals surface area (Å²) < 4.78 is 1.78. The van der Waals surface area contributed by atoms with Crippen LogP contribution in [0.5, 0.6) is 0 Å². The third-order valence-corrected chi connectivity index (χ3v) is 3.21. The predicted octanol–water partition coefficient (Wildman–Crippen LogP) is 1.13. The minimum Gasteiger partial charge on any atom is -0.368 e. The molecule has 0 aliphatic heterocycles. The van der Waals surface area contributed by atoms with E-state index in [1.54, 1.807) is 22.5 Å². The smallest absolute Gasteiger partial charge is 0.222 e. The molecular weight excluding hydrogens is 222 g/mol. The standard InChI is InChI=1S/C10H13N5S/c1-15-9(11)13-14-10(15)16-7-5-8-4-2-3-6-12-8/h2-4,6H,5,7H2,1H3,(H2,11,13). The highest BCUT2D eigenvalue weighted by Gasteiger charge is 2.05. The summed E-state index contributed by atoms with van der Waals surface area (Å²) in [4.78, 5) is 4.26. The van der Waals surface area contributed by atoms with Gasteiger partial charge >= 0.3 is 0 Å². The van der Waals surface area contributed by atoms with E-state index in [2.05, 4.69) is 15.2 Å². The number of pyridine rings is 1. The summed E-state index contributed by atoms with van der Waals surface area (Å²) in [5.74, 6) is 1.36. The van der Waals surface area contributed by atoms with Crippen molar-refractivity contribution in [1.29, 1.82) is 0 Å². The highest BCUT2D eigenvalue weighted by Crippen LogP contribution is 2.17. The number of nitrogen functional groups attached to an aromatic ring is 1. The summed E-state index contributed by atoms with van der Waals surface area (Å²) in [5, 5.41) is 8.61. The summed E-state index contributed by atoms with van der Waals surface area (Å²) in [6.07, 6.45) is 2.72. The molecule has 0 spiro atoms. The minimum absolute atomic E-state index is 0.445. The van der Waals surface area contributed by atoms with Crippen LogP contribution >= 0.6 is 11.8 Å². The molecule has 6 heteroatoms. The Morgan fingerprint density at radius 2 is 2.25 bits per heavy atom. The zero-order valence-corrected chi connectivity index (χ0v) is 9.81. The monoisotopic (exact) mass is 235 g/mol. The average Bonchev–Trinajstić information content (AvgIpc) is 2.62. The quantitative estimate of drug-likeness (QED) is 0.804. The molecule has 0 bridgehead atoms. The van der Waals surface area contributed by atoms with Crippen molar-refractivity contribution in [3.63, 3.8) is 0 Å². The molecule has 0 radical (unpaired) electrons. The Kier molecular flexibility index (Phi) is 3.40. The van der Waals surface area contributed by atoms with Gasteiger partial charge in [0.2, 0.25) is 5.95 Å². The van der Waals surface area contributed by atoms with Crippen LogP contribution in [-0.2, 0) is 13.5 Å². The van der Waals surface area contributed by atoms with Gasteiger partial charge in [-0.2, -0.15) is 0 Å². The normalized spacial score (nSPS) is 10.6.